The molecule has 0 fully saturated rings. The first kappa shape index (κ1) is 16.5. The predicted octanol–water partition coefficient (Wildman–Crippen LogP) is 1.90. The molecule has 8 heteroatoms. The van der Waals surface area contributed by atoms with Gasteiger partial charge in [0.1, 0.15) is 0 Å². The smallest absolute Gasteiger partial charge is 0.284 e. The normalized spacial score (nSPS) is 12.1. The van der Waals surface area contributed by atoms with Crippen LogP contribution in [0.25, 0.3) is 0 Å². The molecule has 2 rings (SSSR count). The lowest BCUT2D eigenvalue weighted by Crippen LogP contribution is -2.09. The molecule has 118 valence electrons. The molecule has 0 atom stereocenters. The van der Waals surface area contributed by atoms with E-state index in [2.05, 4.69) is 4.72 Å². The van der Waals surface area contributed by atoms with Crippen LogP contribution in [0.2, 0.25) is 0 Å². The largest absolute Gasteiger partial charge is 0.294 e. The summed E-state index contributed by atoms with van der Waals surface area (Å²) < 4.78 is 56.1. The first-order valence-corrected chi connectivity index (χ1v) is 9.60. The quantitative estimate of drug-likeness (QED) is 0.809. The maximum absolute atomic E-state index is 11.2. The first-order chi connectivity index (χ1) is 10.1. The van der Waals surface area contributed by atoms with E-state index in [9.17, 15) is 16.8 Å². The molecule has 0 saturated carbocycles. The molecule has 2 aromatic rings. The van der Waals surface area contributed by atoms with E-state index in [1.807, 2.05) is 0 Å². The van der Waals surface area contributed by atoms with Crippen LogP contribution < -0.4 is 4.72 Å². The molecule has 0 amide bonds. The minimum Gasteiger partial charge on any atom is -0.284 e. The number of nitrogens with one attached hydrogen (secondary N) is 1. The molecular formula is C14H15NO5S2. The molecule has 0 aromatic heterocycles. The van der Waals surface area contributed by atoms with Gasteiger partial charge in [-0.3, -0.25) is 9.27 Å². The van der Waals surface area contributed by atoms with Crippen LogP contribution in [0.4, 0.5) is 5.69 Å². The highest BCUT2D eigenvalue weighted by Gasteiger charge is 2.10. The van der Waals surface area contributed by atoms with Gasteiger partial charge in [0.15, 0.2) is 0 Å². The Labute approximate surface area is 129 Å². The molecule has 22 heavy (non-hydrogen) atoms. The lowest BCUT2D eigenvalue weighted by molar-refractivity contribution is 0.483. The Balaban J connectivity index is 2.26. The number of hydrogen-bond acceptors (Lipinski definition) is 4. The lowest BCUT2D eigenvalue weighted by atomic mass is 10.0. The molecule has 0 aliphatic rings. The van der Waals surface area contributed by atoms with Gasteiger partial charge in [0.05, 0.1) is 11.2 Å². The third-order valence-corrected chi connectivity index (χ3v) is 4.29. The van der Waals surface area contributed by atoms with Gasteiger partial charge >= 0.3 is 0 Å². The zero-order valence-corrected chi connectivity index (χ0v) is 13.4. The van der Waals surface area contributed by atoms with Gasteiger partial charge in [-0.05, 0) is 41.8 Å². The third kappa shape index (κ3) is 4.83. The van der Waals surface area contributed by atoms with Gasteiger partial charge < -0.3 is 0 Å². The maximum atomic E-state index is 11.2. The summed E-state index contributed by atoms with van der Waals surface area (Å²) in [7, 11) is -7.60. The minimum atomic E-state index is -4.24. The Morgan fingerprint density at radius 1 is 0.955 bits per heavy atom. The van der Waals surface area contributed by atoms with Crippen LogP contribution >= 0.6 is 0 Å². The number of benzene rings is 2. The van der Waals surface area contributed by atoms with Gasteiger partial charge in [0.25, 0.3) is 10.1 Å². The van der Waals surface area contributed by atoms with Crippen LogP contribution in [-0.4, -0.2) is 27.6 Å². The van der Waals surface area contributed by atoms with Crippen molar-refractivity contribution in [2.75, 3.05) is 11.0 Å². The van der Waals surface area contributed by atoms with Crippen LogP contribution in [0, 0.1) is 0 Å². The SMILES string of the molecule is CS(=O)(=O)Nc1cccc(Cc2cccc(S(=O)(=O)O)c2)c1. The van der Waals surface area contributed by atoms with Gasteiger partial charge in [0, 0.05) is 5.69 Å². The molecule has 0 heterocycles. The number of anilines is 1. The van der Waals surface area contributed by atoms with Crippen molar-refractivity contribution in [3.63, 3.8) is 0 Å². The van der Waals surface area contributed by atoms with E-state index in [1.165, 1.54) is 18.2 Å². The molecule has 0 radical (unpaired) electrons. The summed E-state index contributed by atoms with van der Waals surface area (Å²) in [6.07, 6.45) is 1.47. The molecule has 2 aromatic carbocycles. The van der Waals surface area contributed by atoms with Crippen molar-refractivity contribution < 1.29 is 21.4 Å². The number of hydrogen-bond donors (Lipinski definition) is 2. The zero-order valence-electron chi connectivity index (χ0n) is 11.7. The topological polar surface area (TPSA) is 101 Å². The van der Waals surface area contributed by atoms with Crippen LogP contribution in [0.15, 0.2) is 53.4 Å². The Hall–Kier alpha value is -1.90. The molecule has 0 aliphatic heterocycles. The summed E-state index contributed by atoms with van der Waals surface area (Å²) in [4.78, 5) is -0.171. The van der Waals surface area contributed by atoms with Gasteiger partial charge in [0.2, 0.25) is 10.0 Å². The lowest BCUT2D eigenvalue weighted by Gasteiger charge is -2.07. The van der Waals surface area contributed by atoms with Crippen molar-refractivity contribution in [1.29, 1.82) is 0 Å². The van der Waals surface area contributed by atoms with E-state index < -0.39 is 20.1 Å². The standard InChI is InChI=1S/C14H15NO5S2/c1-21(16,17)15-13-6-2-4-11(9-13)8-12-5-3-7-14(10-12)22(18,19)20/h2-7,9-10,15H,8H2,1H3,(H,18,19,20). The Morgan fingerprint density at radius 3 is 2.14 bits per heavy atom. The molecule has 6 nitrogen and oxygen atoms in total. The van der Waals surface area contributed by atoms with Crippen LogP contribution in [0.1, 0.15) is 11.1 Å². The average Bonchev–Trinajstić information content (AvgIpc) is 2.36. The van der Waals surface area contributed by atoms with E-state index >= 15 is 0 Å². The van der Waals surface area contributed by atoms with Crippen LogP contribution in [-0.2, 0) is 26.6 Å². The van der Waals surface area contributed by atoms with Crippen molar-refractivity contribution in [2.24, 2.45) is 0 Å². The fraction of sp³-hybridized carbons (Fsp3) is 0.143. The zero-order chi connectivity index (χ0) is 16.4. The minimum absolute atomic E-state index is 0.171. The highest BCUT2D eigenvalue weighted by molar-refractivity contribution is 7.92. The van der Waals surface area contributed by atoms with Crippen molar-refractivity contribution in [3.8, 4) is 0 Å². The van der Waals surface area contributed by atoms with Gasteiger partial charge in [-0.25, -0.2) is 8.42 Å². The molecule has 2 N–H and O–H groups in total. The second kappa shape index (κ2) is 6.07. The average molecular weight is 341 g/mol. The fourth-order valence-corrected chi connectivity index (χ4v) is 3.12. The van der Waals surface area contributed by atoms with E-state index in [-0.39, 0.29) is 4.90 Å². The summed E-state index contributed by atoms with van der Waals surface area (Å²) in [5.41, 5.74) is 1.93. The highest BCUT2D eigenvalue weighted by atomic mass is 32.2. The summed E-state index contributed by atoms with van der Waals surface area (Å²) in [5, 5.41) is 0. The molecule has 0 saturated heterocycles. The molecule has 0 aliphatic carbocycles. The van der Waals surface area contributed by atoms with Crippen molar-refractivity contribution >= 4 is 25.8 Å². The second-order valence-electron chi connectivity index (χ2n) is 4.87. The van der Waals surface area contributed by atoms with E-state index in [1.54, 1.807) is 30.3 Å². The maximum Gasteiger partial charge on any atom is 0.294 e. The highest BCUT2D eigenvalue weighted by Crippen LogP contribution is 2.18. The van der Waals surface area contributed by atoms with Crippen LogP contribution in [0.3, 0.4) is 0 Å². The van der Waals surface area contributed by atoms with E-state index in [0.717, 1.165) is 11.8 Å². The summed E-state index contributed by atoms with van der Waals surface area (Å²) in [6.45, 7) is 0. The van der Waals surface area contributed by atoms with E-state index in [4.69, 9.17) is 4.55 Å². The summed E-state index contributed by atoms with van der Waals surface area (Å²) >= 11 is 0. The number of sulfonamides is 1. The van der Waals surface area contributed by atoms with Crippen molar-refractivity contribution in [3.05, 3.63) is 59.7 Å². The van der Waals surface area contributed by atoms with Crippen molar-refractivity contribution in [1.82, 2.24) is 0 Å². The van der Waals surface area contributed by atoms with Gasteiger partial charge in [-0.1, -0.05) is 24.3 Å². The molecule has 0 spiro atoms. The Bertz CT molecular complexity index is 889. The fourth-order valence-electron chi connectivity index (χ4n) is 2.01. The summed E-state index contributed by atoms with van der Waals surface area (Å²) in [5.74, 6) is 0. The van der Waals surface area contributed by atoms with Gasteiger partial charge in [-0.2, -0.15) is 8.42 Å². The van der Waals surface area contributed by atoms with E-state index in [0.29, 0.717) is 17.7 Å². The molecule has 0 unspecified atom stereocenters. The predicted molar refractivity (Wildman–Crippen MR) is 84.0 cm³/mol. The van der Waals surface area contributed by atoms with Gasteiger partial charge in [-0.15, -0.1) is 0 Å². The summed E-state index contributed by atoms with van der Waals surface area (Å²) in [6, 6.07) is 12.7. The van der Waals surface area contributed by atoms with Crippen LogP contribution in [0.5, 0.6) is 0 Å². The Kier molecular flexibility index (Phi) is 4.55. The molecular weight excluding hydrogens is 326 g/mol. The molecule has 0 bridgehead atoms. The first-order valence-electron chi connectivity index (χ1n) is 6.27. The van der Waals surface area contributed by atoms with Crippen molar-refractivity contribution in [2.45, 2.75) is 11.3 Å². The third-order valence-electron chi connectivity index (χ3n) is 2.83. The number of rotatable bonds is 5. The monoisotopic (exact) mass is 341 g/mol. The second-order valence-corrected chi connectivity index (χ2v) is 8.04. The Morgan fingerprint density at radius 2 is 1.55 bits per heavy atom.